The van der Waals surface area contributed by atoms with Crippen molar-refractivity contribution in [2.75, 3.05) is 13.1 Å². The van der Waals surface area contributed by atoms with Gasteiger partial charge in [-0.1, -0.05) is 33.6 Å². The van der Waals surface area contributed by atoms with E-state index in [-0.39, 0.29) is 6.10 Å². The molecule has 0 saturated heterocycles. The zero-order valence-electron chi connectivity index (χ0n) is 10.6. The molecule has 0 radical (unpaired) electrons. The van der Waals surface area contributed by atoms with Crippen LogP contribution in [0.3, 0.4) is 0 Å². The first-order valence-electron chi connectivity index (χ1n) is 6.64. The Kier molecular flexibility index (Phi) is 5.62. The van der Waals surface area contributed by atoms with Crippen LogP contribution >= 0.6 is 0 Å². The first-order valence-corrected chi connectivity index (χ1v) is 6.64. The van der Waals surface area contributed by atoms with Gasteiger partial charge in [-0.05, 0) is 31.7 Å². The third-order valence-corrected chi connectivity index (χ3v) is 3.97. The van der Waals surface area contributed by atoms with Crippen LogP contribution in [0.1, 0.15) is 52.9 Å². The van der Waals surface area contributed by atoms with Crippen molar-refractivity contribution in [1.29, 1.82) is 0 Å². The maximum Gasteiger partial charge on any atom is 0.0695 e. The van der Waals surface area contributed by atoms with Crippen molar-refractivity contribution >= 4 is 0 Å². The molecule has 0 aromatic heterocycles. The predicted octanol–water partition coefficient (Wildman–Crippen LogP) is 2.66. The third kappa shape index (κ3) is 3.46. The second-order valence-electron chi connectivity index (χ2n) is 4.84. The first kappa shape index (κ1) is 13.0. The monoisotopic (exact) mass is 213 g/mol. The van der Waals surface area contributed by atoms with Gasteiger partial charge in [0.25, 0.3) is 0 Å². The van der Waals surface area contributed by atoms with Crippen LogP contribution in [-0.2, 0) is 0 Å². The summed E-state index contributed by atoms with van der Waals surface area (Å²) < 4.78 is 0. The fourth-order valence-electron chi connectivity index (χ4n) is 2.72. The van der Waals surface area contributed by atoms with Gasteiger partial charge in [-0.25, -0.2) is 0 Å². The van der Waals surface area contributed by atoms with Gasteiger partial charge in [0.05, 0.1) is 6.10 Å². The molecule has 1 rings (SSSR count). The van der Waals surface area contributed by atoms with Crippen molar-refractivity contribution < 1.29 is 5.11 Å². The van der Waals surface area contributed by atoms with Crippen LogP contribution < -0.4 is 0 Å². The lowest BCUT2D eigenvalue weighted by atomic mass is 10.0. The van der Waals surface area contributed by atoms with Gasteiger partial charge in [0.1, 0.15) is 0 Å². The van der Waals surface area contributed by atoms with E-state index in [4.69, 9.17) is 0 Å². The second-order valence-corrected chi connectivity index (χ2v) is 4.84. The molecular formula is C13H27NO. The quantitative estimate of drug-likeness (QED) is 0.733. The van der Waals surface area contributed by atoms with Crippen LogP contribution in [0.4, 0.5) is 0 Å². The molecule has 0 spiro atoms. The fourth-order valence-corrected chi connectivity index (χ4v) is 2.72. The highest BCUT2D eigenvalue weighted by molar-refractivity contribution is 4.85. The summed E-state index contributed by atoms with van der Waals surface area (Å²) in [6.07, 6.45) is 5.84. The smallest absolute Gasteiger partial charge is 0.0695 e. The molecule has 1 aliphatic carbocycles. The van der Waals surface area contributed by atoms with Crippen LogP contribution in [-0.4, -0.2) is 35.2 Å². The molecule has 0 aliphatic heterocycles. The van der Waals surface area contributed by atoms with E-state index in [0.717, 1.165) is 18.9 Å². The predicted molar refractivity (Wildman–Crippen MR) is 65.0 cm³/mol. The van der Waals surface area contributed by atoms with Gasteiger partial charge in [0, 0.05) is 12.6 Å². The average Bonchev–Trinajstić information content (AvgIpc) is 2.67. The lowest BCUT2D eigenvalue weighted by Crippen LogP contribution is -2.42. The maximum absolute atomic E-state index is 9.91. The minimum atomic E-state index is -0.0701. The Morgan fingerprint density at radius 3 is 2.27 bits per heavy atom. The SMILES string of the molecule is CCC(CC)CN(CC)C1CCCC1O. The summed E-state index contributed by atoms with van der Waals surface area (Å²) in [4.78, 5) is 2.50. The average molecular weight is 213 g/mol. The van der Waals surface area contributed by atoms with E-state index in [1.165, 1.54) is 32.2 Å². The molecule has 15 heavy (non-hydrogen) atoms. The summed E-state index contributed by atoms with van der Waals surface area (Å²) >= 11 is 0. The van der Waals surface area contributed by atoms with Crippen molar-refractivity contribution in [2.24, 2.45) is 5.92 Å². The summed E-state index contributed by atoms with van der Waals surface area (Å²) in [5.41, 5.74) is 0. The summed E-state index contributed by atoms with van der Waals surface area (Å²) in [5.74, 6) is 0.803. The van der Waals surface area contributed by atoms with Gasteiger partial charge in [0.2, 0.25) is 0 Å². The number of hydrogen-bond acceptors (Lipinski definition) is 2. The van der Waals surface area contributed by atoms with Crippen LogP contribution in [0.15, 0.2) is 0 Å². The van der Waals surface area contributed by atoms with Gasteiger partial charge in [0.15, 0.2) is 0 Å². The van der Waals surface area contributed by atoms with Crippen molar-refractivity contribution in [3.8, 4) is 0 Å². The standard InChI is InChI=1S/C13H27NO/c1-4-11(5-2)10-14(6-3)12-8-7-9-13(12)15/h11-13,15H,4-10H2,1-3H3. The molecule has 1 aliphatic rings. The summed E-state index contributed by atoms with van der Waals surface area (Å²) in [5, 5.41) is 9.91. The Bertz CT molecular complexity index is 168. The number of aliphatic hydroxyl groups excluding tert-OH is 1. The number of rotatable bonds is 6. The molecule has 0 amide bonds. The van der Waals surface area contributed by atoms with Crippen LogP contribution in [0.5, 0.6) is 0 Å². The molecule has 0 aromatic carbocycles. The molecule has 1 N–H and O–H groups in total. The molecule has 1 fully saturated rings. The van der Waals surface area contributed by atoms with Gasteiger partial charge in [-0.3, -0.25) is 4.90 Å². The molecule has 0 aromatic rings. The molecule has 2 heteroatoms. The molecule has 2 atom stereocenters. The van der Waals surface area contributed by atoms with Crippen molar-refractivity contribution in [3.05, 3.63) is 0 Å². The zero-order chi connectivity index (χ0) is 11.3. The Hall–Kier alpha value is -0.0800. The van der Waals surface area contributed by atoms with E-state index < -0.39 is 0 Å². The first-order chi connectivity index (χ1) is 7.22. The van der Waals surface area contributed by atoms with Crippen LogP contribution in [0.25, 0.3) is 0 Å². The van der Waals surface area contributed by atoms with Gasteiger partial charge >= 0.3 is 0 Å². The molecule has 2 nitrogen and oxygen atoms in total. The van der Waals surface area contributed by atoms with Crippen molar-refractivity contribution in [2.45, 2.75) is 65.0 Å². The van der Waals surface area contributed by atoms with E-state index >= 15 is 0 Å². The van der Waals surface area contributed by atoms with E-state index in [1.807, 2.05) is 0 Å². The minimum Gasteiger partial charge on any atom is -0.391 e. The number of hydrogen-bond donors (Lipinski definition) is 1. The number of aliphatic hydroxyl groups is 1. The normalized spacial score (nSPS) is 26.8. The summed E-state index contributed by atoms with van der Waals surface area (Å²) in [7, 11) is 0. The summed E-state index contributed by atoms with van der Waals surface area (Å²) in [6.45, 7) is 9.01. The molecule has 1 saturated carbocycles. The number of likely N-dealkylation sites (N-methyl/N-ethyl adjacent to an activating group) is 1. The third-order valence-electron chi connectivity index (χ3n) is 3.97. The van der Waals surface area contributed by atoms with E-state index in [2.05, 4.69) is 25.7 Å². The summed E-state index contributed by atoms with van der Waals surface area (Å²) in [6, 6.07) is 0.440. The largest absolute Gasteiger partial charge is 0.391 e. The topological polar surface area (TPSA) is 23.5 Å². The lowest BCUT2D eigenvalue weighted by molar-refractivity contribution is 0.0629. The Labute approximate surface area is 94.7 Å². The molecule has 0 heterocycles. The Balaban J connectivity index is 2.47. The lowest BCUT2D eigenvalue weighted by Gasteiger charge is -2.32. The minimum absolute atomic E-state index is 0.0701. The van der Waals surface area contributed by atoms with Crippen molar-refractivity contribution in [3.63, 3.8) is 0 Å². The van der Waals surface area contributed by atoms with Crippen molar-refractivity contribution in [1.82, 2.24) is 4.90 Å². The van der Waals surface area contributed by atoms with E-state index in [9.17, 15) is 5.11 Å². The Morgan fingerprint density at radius 2 is 1.87 bits per heavy atom. The highest BCUT2D eigenvalue weighted by atomic mass is 16.3. The molecular weight excluding hydrogens is 186 g/mol. The second kappa shape index (κ2) is 6.49. The van der Waals surface area contributed by atoms with E-state index in [0.29, 0.717) is 6.04 Å². The molecule has 90 valence electrons. The van der Waals surface area contributed by atoms with Crippen LogP contribution in [0.2, 0.25) is 0 Å². The fraction of sp³-hybridized carbons (Fsp3) is 1.00. The highest BCUT2D eigenvalue weighted by Gasteiger charge is 2.30. The van der Waals surface area contributed by atoms with Crippen LogP contribution in [0, 0.1) is 5.92 Å². The highest BCUT2D eigenvalue weighted by Crippen LogP contribution is 2.25. The molecule has 2 unspecified atom stereocenters. The van der Waals surface area contributed by atoms with E-state index in [1.54, 1.807) is 0 Å². The zero-order valence-corrected chi connectivity index (χ0v) is 10.6. The van der Waals surface area contributed by atoms with Gasteiger partial charge in [-0.2, -0.15) is 0 Å². The maximum atomic E-state index is 9.91. The Morgan fingerprint density at radius 1 is 1.20 bits per heavy atom. The van der Waals surface area contributed by atoms with Gasteiger partial charge < -0.3 is 5.11 Å². The number of nitrogens with zero attached hydrogens (tertiary/aromatic N) is 1. The molecule has 0 bridgehead atoms. The van der Waals surface area contributed by atoms with Gasteiger partial charge in [-0.15, -0.1) is 0 Å².